The number of piperidine rings is 1. The summed E-state index contributed by atoms with van der Waals surface area (Å²) in [6.07, 6.45) is 7.79. The fraction of sp³-hybridized carbons (Fsp3) is 0.629. The Bertz CT molecular complexity index is 1410. The summed E-state index contributed by atoms with van der Waals surface area (Å²) in [6, 6.07) is 4.11. The van der Waals surface area contributed by atoms with Gasteiger partial charge in [0, 0.05) is 31.0 Å². The summed E-state index contributed by atoms with van der Waals surface area (Å²) in [5.74, 6) is -2.01. The number of para-hydroxylation sites is 1. The molecule has 2 saturated heterocycles. The van der Waals surface area contributed by atoms with Crippen molar-refractivity contribution in [3.05, 3.63) is 36.0 Å². The number of hydrogen-bond donors (Lipinski definition) is 3. The molecule has 258 valence electrons. The van der Waals surface area contributed by atoms with Gasteiger partial charge in [-0.2, -0.15) is 4.73 Å². The van der Waals surface area contributed by atoms with Crippen molar-refractivity contribution in [2.45, 2.75) is 116 Å². The molecule has 5 atom stereocenters. The Hall–Kier alpha value is -4.09. The monoisotopic (exact) mass is 653 g/mol. The van der Waals surface area contributed by atoms with Crippen molar-refractivity contribution in [1.29, 1.82) is 0 Å². The first-order valence-electron chi connectivity index (χ1n) is 17.2. The van der Waals surface area contributed by atoms with Gasteiger partial charge >= 0.3 is 5.97 Å². The molecule has 12 heteroatoms. The molecule has 2 aromatic rings. The fourth-order valence-electron chi connectivity index (χ4n) is 6.44. The summed E-state index contributed by atoms with van der Waals surface area (Å²) >= 11 is 0. The van der Waals surface area contributed by atoms with Crippen LogP contribution in [-0.4, -0.2) is 83.7 Å². The second-order valence-corrected chi connectivity index (χ2v) is 12.7. The summed E-state index contributed by atoms with van der Waals surface area (Å²) in [7, 11) is 1.55. The van der Waals surface area contributed by atoms with Crippen LogP contribution in [0.1, 0.15) is 90.5 Å². The zero-order chi connectivity index (χ0) is 33.9. The molecule has 0 bridgehead atoms. The number of ether oxygens (including phenoxy) is 1. The number of fused-ring (bicyclic) bond motifs is 2. The molecule has 0 aliphatic carbocycles. The van der Waals surface area contributed by atoms with E-state index in [4.69, 9.17) is 9.57 Å². The molecule has 2 fully saturated rings. The van der Waals surface area contributed by atoms with Crippen molar-refractivity contribution in [2.24, 2.45) is 5.92 Å². The smallest absolute Gasteiger partial charge is 0.305 e. The Balaban J connectivity index is 1.62. The Morgan fingerprint density at radius 3 is 2.45 bits per heavy atom. The highest BCUT2D eigenvalue weighted by Gasteiger charge is 2.40. The zero-order valence-electron chi connectivity index (χ0n) is 28.2. The van der Waals surface area contributed by atoms with Gasteiger partial charge in [-0.3, -0.25) is 24.0 Å². The molecule has 4 rings (SSSR count). The van der Waals surface area contributed by atoms with Gasteiger partial charge in [-0.05, 0) is 56.1 Å². The van der Waals surface area contributed by atoms with Crippen LogP contribution in [0.2, 0.25) is 0 Å². The molecule has 3 heterocycles. The normalized spacial score (nSPS) is 23.1. The van der Waals surface area contributed by atoms with Crippen LogP contribution in [0.25, 0.3) is 10.9 Å². The maximum absolute atomic E-state index is 14.1. The summed E-state index contributed by atoms with van der Waals surface area (Å²) in [4.78, 5) is 74.9. The molecule has 2 aliphatic rings. The third-order valence-electron chi connectivity index (χ3n) is 9.35. The molecule has 0 radical (unpaired) electrons. The lowest BCUT2D eigenvalue weighted by atomic mass is 9.93. The van der Waals surface area contributed by atoms with Gasteiger partial charge in [0.25, 0.3) is 0 Å². The van der Waals surface area contributed by atoms with Crippen LogP contribution in [0.15, 0.2) is 30.5 Å². The predicted octanol–water partition coefficient (Wildman–Crippen LogP) is 3.04. The van der Waals surface area contributed by atoms with E-state index < -0.39 is 36.0 Å². The second kappa shape index (κ2) is 17.2. The maximum atomic E-state index is 14.1. The van der Waals surface area contributed by atoms with E-state index in [9.17, 15) is 24.0 Å². The van der Waals surface area contributed by atoms with E-state index in [1.165, 1.54) is 0 Å². The number of esters is 1. The van der Waals surface area contributed by atoms with E-state index in [1.54, 1.807) is 22.9 Å². The molecule has 47 heavy (non-hydrogen) atoms. The molecule has 12 nitrogen and oxygen atoms in total. The highest BCUT2D eigenvalue weighted by atomic mass is 16.6. The number of rotatable bonds is 13. The van der Waals surface area contributed by atoms with Crippen molar-refractivity contribution in [2.75, 3.05) is 20.3 Å². The van der Waals surface area contributed by atoms with Gasteiger partial charge < -0.3 is 30.4 Å². The average Bonchev–Trinajstić information content (AvgIpc) is 3.44. The minimum Gasteiger partial charge on any atom is -0.466 e. The highest BCUT2D eigenvalue weighted by Crippen LogP contribution is 2.24. The third-order valence-corrected chi connectivity index (χ3v) is 9.35. The van der Waals surface area contributed by atoms with Gasteiger partial charge in [-0.1, -0.05) is 58.2 Å². The van der Waals surface area contributed by atoms with Crippen LogP contribution in [0.3, 0.4) is 0 Å². The number of unbranched alkanes of at least 4 members (excludes halogenated alkanes) is 2. The Kier molecular flexibility index (Phi) is 13.1. The van der Waals surface area contributed by atoms with Gasteiger partial charge in [-0.25, -0.2) is 0 Å². The number of aromatic nitrogens is 1. The standard InChI is InChI=1S/C35H51N5O7/c1-5-20-47-30(41)18-9-7-8-15-26-32(42)37-27(21-24-22-40(46-4)28-16-11-10-14-25(24)28)33(43)38-31(23(3)6-2)35(45)39-19-13-12-17-29(39)34(44)36-26/h10-11,14,16,22-23,26-27,29,31H,5-9,12-13,15,17-21H2,1-4H3,(H,36,44)(H,37,42)(H,38,43)/t23?,26-,27-,29+,31-/m0/s1. The molecular formula is C35H51N5O7. The Labute approximate surface area is 277 Å². The van der Waals surface area contributed by atoms with Crippen LogP contribution in [0, 0.1) is 5.92 Å². The average molecular weight is 654 g/mol. The van der Waals surface area contributed by atoms with E-state index >= 15 is 0 Å². The van der Waals surface area contributed by atoms with E-state index in [0.717, 1.165) is 35.7 Å². The van der Waals surface area contributed by atoms with Crippen molar-refractivity contribution < 1.29 is 33.5 Å². The molecule has 2 aliphatic heterocycles. The largest absolute Gasteiger partial charge is 0.466 e. The summed E-state index contributed by atoms with van der Waals surface area (Å²) in [6.45, 7) is 6.61. The minimum atomic E-state index is -1.03. The first-order valence-corrected chi connectivity index (χ1v) is 17.2. The summed E-state index contributed by atoms with van der Waals surface area (Å²) in [5.41, 5.74) is 1.60. The minimum absolute atomic E-state index is 0.142. The molecule has 0 saturated carbocycles. The molecule has 3 N–H and O–H groups in total. The third kappa shape index (κ3) is 9.04. The van der Waals surface area contributed by atoms with Gasteiger partial charge in [-0.15, -0.1) is 0 Å². The van der Waals surface area contributed by atoms with Crippen molar-refractivity contribution in [3.63, 3.8) is 0 Å². The van der Waals surface area contributed by atoms with Crippen LogP contribution in [0.4, 0.5) is 0 Å². The van der Waals surface area contributed by atoms with E-state index in [0.29, 0.717) is 51.7 Å². The number of hydrogen-bond acceptors (Lipinski definition) is 7. The highest BCUT2D eigenvalue weighted by molar-refractivity contribution is 5.98. The molecule has 1 aromatic carbocycles. The molecular weight excluding hydrogens is 602 g/mol. The molecule has 0 spiro atoms. The van der Waals surface area contributed by atoms with Crippen molar-refractivity contribution >= 4 is 40.5 Å². The number of benzene rings is 1. The van der Waals surface area contributed by atoms with Crippen LogP contribution in [0.5, 0.6) is 0 Å². The quantitative estimate of drug-likeness (QED) is 0.222. The summed E-state index contributed by atoms with van der Waals surface area (Å²) in [5, 5.41) is 9.72. The summed E-state index contributed by atoms with van der Waals surface area (Å²) < 4.78 is 6.77. The number of nitrogens with one attached hydrogen (secondary N) is 3. The zero-order valence-corrected chi connectivity index (χ0v) is 28.2. The van der Waals surface area contributed by atoms with Crippen LogP contribution < -0.4 is 20.8 Å². The van der Waals surface area contributed by atoms with Gasteiger partial charge in [0.15, 0.2) is 0 Å². The lowest BCUT2D eigenvalue weighted by molar-refractivity contribution is -0.147. The van der Waals surface area contributed by atoms with Crippen LogP contribution in [-0.2, 0) is 35.1 Å². The van der Waals surface area contributed by atoms with Gasteiger partial charge in [0.2, 0.25) is 23.6 Å². The SMILES string of the molecule is CCCOC(=O)CCCCC[C@@H]1NC(=O)[C@H]2CCCCN2C(=O)[C@H](C(C)CC)NC(=O)[C@H](Cc2cn(OC)c3ccccc23)NC1=O. The van der Waals surface area contributed by atoms with E-state index in [2.05, 4.69) is 16.0 Å². The van der Waals surface area contributed by atoms with Crippen LogP contribution >= 0.6 is 0 Å². The molecule has 4 amide bonds. The predicted molar refractivity (Wildman–Crippen MR) is 177 cm³/mol. The first-order chi connectivity index (χ1) is 22.7. The Morgan fingerprint density at radius 1 is 0.957 bits per heavy atom. The lowest BCUT2D eigenvalue weighted by Gasteiger charge is -2.39. The van der Waals surface area contributed by atoms with E-state index in [-0.39, 0.29) is 36.5 Å². The number of carbonyl (C=O) groups is 5. The topological polar surface area (TPSA) is 148 Å². The molecule has 1 unspecified atom stereocenters. The fourth-order valence-corrected chi connectivity index (χ4v) is 6.44. The number of amides is 4. The first kappa shape index (κ1) is 35.8. The number of nitrogens with zero attached hydrogens (tertiary/aromatic N) is 2. The van der Waals surface area contributed by atoms with Crippen molar-refractivity contribution in [1.82, 2.24) is 25.6 Å². The van der Waals surface area contributed by atoms with Gasteiger partial charge in [0.05, 0.1) is 12.1 Å². The van der Waals surface area contributed by atoms with Crippen molar-refractivity contribution in [3.8, 4) is 0 Å². The number of carbonyl (C=O) groups excluding carboxylic acids is 5. The molecule has 1 aromatic heterocycles. The second-order valence-electron chi connectivity index (χ2n) is 12.7. The van der Waals surface area contributed by atoms with E-state index in [1.807, 2.05) is 45.0 Å². The van der Waals surface area contributed by atoms with Gasteiger partial charge in [0.1, 0.15) is 31.3 Å². The lowest BCUT2D eigenvalue weighted by Crippen LogP contribution is -2.64. The maximum Gasteiger partial charge on any atom is 0.305 e. The Morgan fingerprint density at radius 2 is 1.70 bits per heavy atom.